The summed E-state index contributed by atoms with van der Waals surface area (Å²) >= 11 is 0. The Labute approximate surface area is 189 Å². The molecule has 3 N–H and O–H groups in total. The number of aliphatic carboxylic acids is 2. The van der Waals surface area contributed by atoms with Gasteiger partial charge in [0.1, 0.15) is 6.04 Å². The molecule has 0 aliphatic carbocycles. The zero-order chi connectivity index (χ0) is 19.5. The van der Waals surface area contributed by atoms with Gasteiger partial charge in [-0.1, -0.05) is 90.4 Å². The Morgan fingerprint density at radius 2 is 1.19 bits per heavy atom. The van der Waals surface area contributed by atoms with Gasteiger partial charge in [-0.05, 0) is 19.4 Å². The Kier molecular flexibility index (Phi) is 23.9. The van der Waals surface area contributed by atoms with Crippen LogP contribution >= 0.6 is 0 Å². The van der Waals surface area contributed by atoms with Gasteiger partial charge in [-0.3, -0.25) is 9.59 Å². The number of rotatable bonds is 20. The second kappa shape index (κ2) is 22.2. The Balaban J connectivity index is -0.00000312. The van der Waals surface area contributed by atoms with E-state index < -0.39 is 18.0 Å². The molecular formula is C21H42NNaO4. The van der Waals surface area contributed by atoms with Gasteiger partial charge >= 0.3 is 41.5 Å². The average molecular weight is 396 g/mol. The Morgan fingerprint density at radius 1 is 0.778 bits per heavy atom. The molecule has 0 bridgehead atoms. The van der Waals surface area contributed by atoms with Crippen molar-refractivity contribution in [3.8, 4) is 0 Å². The second-order valence-corrected chi connectivity index (χ2v) is 7.37. The van der Waals surface area contributed by atoms with Crippen molar-refractivity contribution >= 4 is 11.9 Å². The van der Waals surface area contributed by atoms with Gasteiger partial charge in [0, 0.05) is 6.42 Å². The predicted octanol–water partition coefficient (Wildman–Crippen LogP) is 2.49. The summed E-state index contributed by atoms with van der Waals surface area (Å²) in [4.78, 5) is 21.6. The molecule has 0 aromatic heterocycles. The maximum Gasteiger partial charge on any atom is 1.00 e. The molecule has 0 saturated carbocycles. The SMILES string of the molecule is CCCCCCCCCCCCCCCCN[C@@H](CCC(=O)O)C(=O)O.[H-].[Na+]. The number of carboxylic acid groups (broad SMARTS) is 2. The summed E-state index contributed by atoms with van der Waals surface area (Å²) in [6.07, 6.45) is 18.2. The van der Waals surface area contributed by atoms with Gasteiger partial charge in [-0.15, -0.1) is 0 Å². The van der Waals surface area contributed by atoms with Gasteiger partial charge in [0.15, 0.2) is 0 Å². The summed E-state index contributed by atoms with van der Waals surface area (Å²) in [5.41, 5.74) is 0. The van der Waals surface area contributed by atoms with Crippen molar-refractivity contribution in [3.05, 3.63) is 0 Å². The molecule has 0 amide bonds. The smallest absolute Gasteiger partial charge is 1.00 e. The first-order chi connectivity index (χ1) is 12.6. The molecule has 156 valence electrons. The molecule has 0 aliphatic rings. The van der Waals surface area contributed by atoms with E-state index in [1.807, 2.05) is 0 Å². The first-order valence-corrected chi connectivity index (χ1v) is 10.8. The maximum atomic E-state index is 11.0. The van der Waals surface area contributed by atoms with Crippen molar-refractivity contribution in [3.63, 3.8) is 0 Å². The van der Waals surface area contributed by atoms with Crippen LogP contribution in [0.1, 0.15) is 111 Å². The van der Waals surface area contributed by atoms with Crippen molar-refractivity contribution in [1.82, 2.24) is 5.32 Å². The molecule has 1 atom stereocenters. The monoisotopic (exact) mass is 395 g/mol. The van der Waals surface area contributed by atoms with Crippen LogP contribution in [0.5, 0.6) is 0 Å². The molecule has 0 saturated heterocycles. The third-order valence-corrected chi connectivity index (χ3v) is 4.87. The molecule has 0 radical (unpaired) electrons. The largest absolute Gasteiger partial charge is 1.00 e. The van der Waals surface area contributed by atoms with Crippen LogP contribution in [0.3, 0.4) is 0 Å². The minimum atomic E-state index is -0.961. The van der Waals surface area contributed by atoms with Crippen molar-refractivity contribution in [1.29, 1.82) is 0 Å². The summed E-state index contributed by atoms with van der Waals surface area (Å²) in [6, 6.07) is -0.743. The fourth-order valence-electron chi connectivity index (χ4n) is 3.18. The molecule has 0 aromatic rings. The third kappa shape index (κ3) is 22.1. The van der Waals surface area contributed by atoms with Crippen molar-refractivity contribution in [2.75, 3.05) is 6.54 Å². The van der Waals surface area contributed by atoms with Gasteiger partial charge < -0.3 is 17.0 Å². The molecule has 0 unspecified atom stereocenters. The first kappa shape index (κ1) is 29.1. The van der Waals surface area contributed by atoms with Crippen LogP contribution in [-0.2, 0) is 9.59 Å². The van der Waals surface area contributed by atoms with E-state index in [9.17, 15) is 9.59 Å². The topological polar surface area (TPSA) is 86.6 Å². The molecule has 0 aromatic carbocycles. The van der Waals surface area contributed by atoms with E-state index in [0.29, 0.717) is 6.54 Å². The summed E-state index contributed by atoms with van der Waals surface area (Å²) in [7, 11) is 0. The minimum absolute atomic E-state index is 0. The molecule has 6 heteroatoms. The van der Waals surface area contributed by atoms with Gasteiger partial charge in [0.2, 0.25) is 0 Å². The van der Waals surface area contributed by atoms with Crippen molar-refractivity contribution in [2.24, 2.45) is 0 Å². The number of nitrogens with one attached hydrogen (secondary N) is 1. The standard InChI is InChI=1S/C21H41NO4.Na.H/c1-2-3-4-5-6-7-8-9-10-11-12-13-14-15-18-22-19(21(25)26)16-17-20(23)24;;/h19,22H,2-18H2,1H3,(H,23,24)(H,25,26);;/q;+1;-1/t19-;;/m0../s1. The number of carboxylic acids is 2. The summed E-state index contributed by atoms with van der Waals surface area (Å²) in [5, 5.41) is 20.6. The maximum absolute atomic E-state index is 11.0. The molecule has 5 nitrogen and oxygen atoms in total. The molecule has 0 fully saturated rings. The van der Waals surface area contributed by atoms with Crippen LogP contribution in [0.2, 0.25) is 0 Å². The van der Waals surface area contributed by atoms with E-state index in [0.717, 1.165) is 12.8 Å². The van der Waals surface area contributed by atoms with Gasteiger partial charge in [0.05, 0.1) is 0 Å². The van der Waals surface area contributed by atoms with E-state index in [1.165, 1.54) is 77.0 Å². The molecular weight excluding hydrogens is 353 g/mol. The van der Waals surface area contributed by atoms with Crippen LogP contribution in [-0.4, -0.2) is 34.7 Å². The van der Waals surface area contributed by atoms with Gasteiger partial charge in [-0.2, -0.15) is 0 Å². The summed E-state index contributed by atoms with van der Waals surface area (Å²) in [6.45, 7) is 2.90. The zero-order valence-corrected chi connectivity index (χ0v) is 19.8. The average Bonchev–Trinajstić information content (AvgIpc) is 2.60. The normalized spacial score (nSPS) is 11.7. The van der Waals surface area contributed by atoms with Crippen LogP contribution in [0, 0.1) is 0 Å². The van der Waals surface area contributed by atoms with Crippen LogP contribution in [0.25, 0.3) is 0 Å². The van der Waals surface area contributed by atoms with E-state index in [1.54, 1.807) is 0 Å². The molecule has 0 rings (SSSR count). The second-order valence-electron chi connectivity index (χ2n) is 7.37. The number of hydrogen-bond acceptors (Lipinski definition) is 3. The fourth-order valence-corrected chi connectivity index (χ4v) is 3.18. The Bertz CT molecular complexity index is 359. The van der Waals surface area contributed by atoms with E-state index in [2.05, 4.69) is 12.2 Å². The Hall–Kier alpha value is -0.100. The van der Waals surface area contributed by atoms with Crippen LogP contribution in [0.4, 0.5) is 0 Å². The Morgan fingerprint density at radius 3 is 1.56 bits per heavy atom. The minimum Gasteiger partial charge on any atom is -1.00 e. The predicted molar refractivity (Wildman–Crippen MR) is 108 cm³/mol. The van der Waals surface area contributed by atoms with Crippen molar-refractivity contribution < 1.29 is 50.8 Å². The van der Waals surface area contributed by atoms with Crippen molar-refractivity contribution in [2.45, 2.75) is 116 Å². The van der Waals surface area contributed by atoms with Gasteiger partial charge in [-0.25, -0.2) is 0 Å². The van der Waals surface area contributed by atoms with Gasteiger partial charge in [0.25, 0.3) is 0 Å². The van der Waals surface area contributed by atoms with Crippen LogP contribution in [0.15, 0.2) is 0 Å². The van der Waals surface area contributed by atoms with E-state index in [-0.39, 0.29) is 43.8 Å². The fraction of sp³-hybridized carbons (Fsp3) is 0.905. The first-order valence-electron chi connectivity index (χ1n) is 10.8. The zero-order valence-electron chi connectivity index (χ0n) is 18.8. The summed E-state index contributed by atoms with van der Waals surface area (Å²) in [5.74, 6) is -1.91. The number of hydrogen-bond donors (Lipinski definition) is 3. The molecule has 0 aliphatic heterocycles. The number of carbonyl (C=O) groups is 2. The van der Waals surface area contributed by atoms with E-state index in [4.69, 9.17) is 10.2 Å². The molecule has 27 heavy (non-hydrogen) atoms. The van der Waals surface area contributed by atoms with E-state index >= 15 is 0 Å². The molecule has 0 heterocycles. The number of unbranched alkanes of at least 4 members (excludes halogenated alkanes) is 13. The van der Waals surface area contributed by atoms with Crippen LogP contribution < -0.4 is 34.9 Å². The summed E-state index contributed by atoms with van der Waals surface area (Å²) < 4.78 is 0. The quantitative estimate of drug-likeness (QED) is 0.218. The third-order valence-electron chi connectivity index (χ3n) is 4.87. The molecule has 0 spiro atoms.